The topological polar surface area (TPSA) is 53.6 Å². The molecule has 0 aliphatic rings. The Bertz CT molecular complexity index is 273. The quantitative estimate of drug-likeness (QED) is 0.719. The summed E-state index contributed by atoms with van der Waals surface area (Å²) in [7, 11) is 0. The molecule has 0 aromatic carbocycles. The average molecular weight is 287 g/mol. The molecule has 0 aromatic heterocycles. The van der Waals surface area contributed by atoms with Crippen LogP contribution in [0.1, 0.15) is 48.5 Å². The smallest absolute Gasteiger partial charge is 0.407 e. The van der Waals surface area contributed by atoms with Gasteiger partial charge in [0.15, 0.2) is 0 Å². The standard InChI is InChI=1S/C15H33N3O2/c1-8-18(9-2)11-13(4)17-12(3)10-16-14(19)20-15(5,6)7/h12-13,17H,8-11H2,1-7H3,(H,16,19). The summed E-state index contributed by atoms with van der Waals surface area (Å²) in [4.78, 5) is 13.9. The molecule has 1 amide bonds. The predicted octanol–water partition coefficient (Wildman–Crippen LogP) is 2.22. The fraction of sp³-hybridized carbons (Fsp3) is 0.933. The Hall–Kier alpha value is -0.810. The van der Waals surface area contributed by atoms with Crippen molar-refractivity contribution >= 4 is 6.09 Å². The fourth-order valence-electron chi connectivity index (χ4n) is 2.02. The lowest BCUT2D eigenvalue weighted by Crippen LogP contribution is -2.47. The van der Waals surface area contributed by atoms with E-state index < -0.39 is 5.60 Å². The Morgan fingerprint density at radius 1 is 1.15 bits per heavy atom. The molecule has 0 saturated heterocycles. The van der Waals surface area contributed by atoms with Crippen molar-refractivity contribution in [1.82, 2.24) is 15.5 Å². The lowest BCUT2D eigenvalue weighted by atomic mass is 10.2. The van der Waals surface area contributed by atoms with Gasteiger partial charge in [-0.2, -0.15) is 0 Å². The number of likely N-dealkylation sites (N-methyl/N-ethyl adjacent to an activating group) is 1. The second-order valence-corrected chi connectivity index (χ2v) is 6.34. The fourth-order valence-corrected chi connectivity index (χ4v) is 2.02. The zero-order valence-electron chi connectivity index (χ0n) is 14.2. The summed E-state index contributed by atoms with van der Waals surface area (Å²) < 4.78 is 5.21. The predicted molar refractivity (Wildman–Crippen MR) is 84.1 cm³/mol. The van der Waals surface area contributed by atoms with Crippen LogP contribution in [0, 0.1) is 0 Å². The van der Waals surface area contributed by atoms with Crippen LogP contribution in [-0.4, -0.2) is 54.9 Å². The number of carbonyl (C=O) groups excluding carboxylic acids is 1. The van der Waals surface area contributed by atoms with Gasteiger partial charge >= 0.3 is 6.09 Å². The summed E-state index contributed by atoms with van der Waals surface area (Å²) in [5, 5.41) is 6.27. The van der Waals surface area contributed by atoms with Gasteiger partial charge in [-0.05, 0) is 47.7 Å². The number of rotatable bonds is 8. The molecule has 2 atom stereocenters. The first kappa shape index (κ1) is 19.2. The monoisotopic (exact) mass is 287 g/mol. The SMILES string of the molecule is CCN(CC)CC(C)NC(C)CNC(=O)OC(C)(C)C. The second kappa shape index (κ2) is 9.19. The van der Waals surface area contributed by atoms with Crippen LogP contribution in [0.2, 0.25) is 0 Å². The lowest BCUT2D eigenvalue weighted by Gasteiger charge is -2.26. The van der Waals surface area contributed by atoms with Gasteiger partial charge in [-0.25, -0.2) is 4.79 Å². The molecule has 5 nitrogen and oxygen atoms in total. The molecule has 0 spiro atoms. The average Bonchev–Trinajstić information content (AvgIpc) is 2.31. The number of nitrogens with one attached hydrogen (secondary N) is 2. The summed E-state index contributed by atoms with van der Waals surface area (Å²) in [5.74, 6) is 0. The van der Waals surface area contributed by atoms with Crippen molar-refractivity contribution < 1.29 is 9.53 Å². The van der Waals surface area contributed by atoms with E-state index in [0.29, 0.717) is 12.6 Å². The normalized spacial score (nSPS) is 15.0. The van der Waals surface area contributed by atoms with Crippen molar-refractivity contribution in [2.75, 3.05) is 26.2 Å². The summed E-state index contributed by atoms with van der Waals surface area (Å²) in [6, 6.07) is 0.610. The largest absolute Gasteiger partial charge is 0.444 e. The maximum absolute atomic E-state index is 11.5. The molecule has 0 rings (SSSR count). The zero-order valence-corrected chi connectivity index (χ0v) is 14.2. The van der Waals surface area contributed by atoms with E-state index in [-0.39, 0.29) is 12.1 Å². The van der Waals surface area contributed by atoms with E-state index in [0.717, 1.165) is 19.6 Å². The third-order valence-electron chi connectivity index (χ3n) is 2.95. The first-order valence-electron chi connectivity index (χ1n) is 7.63. The highest BCUT2D eigenvalue weighted by Gasteiger charge is 2.17. The molecule has 0 aliphatic heterocycles. The van der Waals surface area contributed by atoms with Crippen molar-refractivity contribution in [2.24, 2.45) is 0 Å². The van der Waals surface area contributed by atoms with Crippen molar-refractivity contribution in [3.8, 4) is 0 Å². The number of hydrogen-bond acceptors (Lipinski definition) is 4. The molecule has 20 heavy (non-hydrogen) atoms. The Balaban J connectivity index is 3.93. The molecule has 0 aromatic rings. The van der Waals surface area contributed by atoms with E-state index in [4.69, 9.17) is 4.74 Å². The zero-order chi connectivity index (χ0) is 15.8. The van der Waals surface area contributed by atoms with Crippen LogP contribution in [0.3, 0.4) is 0 Å². The van der Waals surface area contributed by atoms with Crippen LogP contribution in [-0.2, 0) is 4.74 Å². The van der Waals surface area contributed by atoms with Crippen LogP contribution >= 0.6 is 0 Å². The number of amides is 1. The maximum Gasteiger partial charge on any atom is 0.407 e. The molecule has 0 radical (unpaired) electrons. The molecule has 0 heterocycles. The van der Waals surface area contributed by atoms with E-state index >= 15 is 0 Å². The highest BCUT2D eigenvalue weighted by molar-refractivity contribution is 5.67. The summed E-state index contributed by atoms with van der Waals surface area (Å²) in [6.45, 7) is 17.9. The van der Waals surface area contributed by atoms with Crippen LogP contribution in [0.5, 0.6) is 0 Å². The van der Waals surface area contributed by atoms with Gasteiger partial charge in [-0.3, -0.25) is 0 Å². The van der Waals surface area contributed by atoms with Crippen molar-refractivity contribution in [2.45, 2.75) is 66.2 Å². The molecule has 2 unspecified atom stereocenters. The number of alkyl carbamates (subject to hydrolysis) is 1. The van der Waals surface area contributed by atoms with E-state index in [1.165, 1.54) is 0 Å². The summed E-state index contributed by atoms with van der Waals surface area (Å²) >= 11 is 0. The van der Waals surface area contributed by atoms with Gasteiger partial charge in [0.2, 0.25) is 0 Å². The van der Waals surface area contributed by atoms with E-state index in [1.807, 2.05) is 20.8 Å². The number of nitrogens with zero attached hydrogens (tertiary/aromatic N) is 1. The van der Waals surface area contributed by atoms with Gasteiger partial charge in [0.25, 0.3) is 0 Å². The first-order valence-corrected chi connectivity index (χ1v) is 7.63. The minimum Gasteiger partial charge on any atom is -0.444 e. The van der Waals surface area contributed by atoms with Gasteiger partial charge in [-0.15, -0.1) is 0 Å². The molecular weight excluding hydrogens is 254 g/mol. The molecule has 2 N–H and O–H groups in total. The Kier molecular flexibility index (Phi) is 8.81. The maximum atomic E-state index is 11.5. The van der Waals surface area contributed by atoms with Gasteiger partial charge in [0, 0.05) is 25.2 Å². The minimum atomic E-state index is -0.448. The van der Waals surface area contributed by atoms with Crippen LogP contribution in [0.25, 0.3) is 0 Å². The lowest BCUT2D eigenvalue weighted by molar-refractivity contribution is 0.0522. The number of ether oxygens (including phenoxy) is 1. The molecule has 0 aliphatic carbocycles. The third-order valence-corrected chi connectivity index (χ3v) is 2.95. The molecule has 0 bridgehead atoms. The summed E-state index contributed by atoms with van der Waals surface area (Å²) in [5.41, 5.74) is -0.448. The van der Waals surface area contributed by atoms with Crippen LogP contribution in [0.4, 0.5) is 4.79 Å². The van der Waals surface area contributed by atoms with E-state index in [9.17, 15) is 4.79 Å². The van der Waals surface area contributed by atoms with Crippen LogP contribution in [0.15, 0.2) is 0 Å². The van der Waals surface area contributed by atoms with E-state index in [1.54, 1.807) is 0 Å². The molecule has 5 heteroatoms. The van der Waals surface area contributed by atoms with Gasteiger partial charge in [0.05, 0.1) is 0 Å². The van der Waals surface area contributed by atoms with Crippen molar-refractivity contribution in [3.63, 3.8) is 0 Å². The Labute approximate surface area is 124 Å². The first-order chi connectivity index (χ1) is 9.17. The van der Waals surface area contributed by atoms with Crippen LogP contribution < -0.4 is 10.6 Å². The Morgan fingerprint density at radius 3 is 2.15 bits per heavy atom. The molecule has 120 valence electrons. The summed E-state index contributed by atoms with van der Waals surface area (Å²) in [6.07, 6.45) is -0.359. The third kappa shape index (κ3) is 10.0. The molecule has 0 fully saturated rings. The van der Waals surface area contributed by atoms with Gasteiger partial charge < -0.3 is 20.3 Å². The van der Waals surface area contributed by atoms with Crippen molar-refractivity contribution in [1.29, 1.82) is 0 Å². The Morgan fingerprint density at radius 2 is 1.70 bits per heavy atom. The number of carbonyl (C=O) groups is 1. The molecular formula is C15H33N3O2. The minimum absolute atomic E-state index is 0.216. The van der Waals surface area contributed by atoms with E-state index in [2.05, 4.69) is 43.2 Å². The number of hydrogen-bond donors (Lipinski definition) is 2. The highest BCUT2D eigenvalue weighted by atomic mass is 16.6. The highest BCUT2D eigenvalue weighted by Crippen LogP contribution is 2.06. The molecule has 0 saturated carbocycles. The van der Waals surface area contributed by atoms with Gasteiger partial charge in [0.1, 0.15) is 5.60 Å². The van der Waals surface area contributed by atoms with Gasteiger partial charge in [-0.1, -0.05) is 13.8 Å². The van der Waals surface area contributed by atoms with Crippen molar-refractivity contribution in [3.05, 3.63) is 0 Å². The second-order valence-electron chi connectivity index (χ2n) is 6.34.